The van der Waals surface area contributed by atoms with E-state index in [1.807, 2.05) is 30.3 Å². The van der Waals surface area contributed by atoms with Gasteiger partial charge in [0.05, 0.1) is 12.3 Å². The van der Waals surface area contributed by atoms with Crippen LogP contribution in [0.4, 0.5) is 0 Å². The van der Waals surface area contributed by atoms with E-state index in [2.05, 4.69) is 0 Å². The summed E-state index contributed by atoms with van der Waals surface area (Å²) in [6, 6.07) is 10.0. The molecule has 1 atom stereocenters. The molecule has 1 amide bonds. The number of benzene rings is 1. The van der Waals surface area contributed by atoms with Crippen molar-refractivity contribution < 1.29 is 14.7 Å². The lowest BCUT2D eigenvalue weighted by atomic mass is 10.0. The zero-order valence-electron chi connectivity index (χ0n) is 10.2. The highest BCUT2D eigenvalue weighted by atomic mass is 16.4. The molecule has 1 aromatic carbocycles. The molecule has 2 rings (SSSR count). The second-order valence-electron chi connectivity index (χ2n) is 4.64. The zero-order valence-corrected chi connectivity index (χ0v) is 10.2. The van der Waals surface area contributed by atoms with Crippen LogP contribution in [-0.2, 0) is 16.0 Å². The van der Waals surface area contributed by atoms with E-state index in [1.54, 1.807) is 4.90 Å². The Morgan fingerprint density at radius 3 is 2.72 bits per heavy atom. The predicted octanol–water partition coefficient (Wildman–Crippen LogP) is 1.55. The molecule has 0 spiro atoms. The first-order valence-electron chi connectivity index (χ1n) is 6.21. The molecule has 1 aromatic rings. The van der Waals surface area contributed by atoms with Crippen molar-refractivity contribution in [2.45, 2.75) is 19.3 Å². The third-order valence-corrected chi connectivity index (χ3v) is 3.34. The summed E-state index contributed by atoms with van der Waals surface area (Å²) in [6.45, 7) is 1.36. The van der Waals surface area contributed by atoms with Gasteiger partial charge < -0.3 is 10.0 Å². The summed E-state index contributed by atoms with van der Waals surface area (Å²) in [5, 5.41) is 8.72. The summed E-state index contributed by atoms with van der Waals surface area (Å²) in [5.41, 5.74) is 1.20. The summed E-state index contributed by atoms with van der Waals surface area (Å²) in [5.74, 6) is -1.22. The molecule has 0 aromatic heterocycles. The number of carboxylic acid groups (broad SMARTS) is 1. The summed E-state index contributed by atoms with van der Waals surface area (Å²) in [7, 11) is 0. The van der Waals surface area contributed by atoms with Crippen LogP contribution >= 0.6 is 0 Å². The average molecular weight is 247 g/mol. The SMILES string of the molecule is O=C(O)CC1CCN(CCc2ccccc2)C1=O. The number of amides is 1. The highest BCUT2D eigenvalue weighted by Gasteiger charge is 2.32. The summed E-state index contributed by atoms with van der Waals surface area (Å²) >= 11 is 0. The molecular weight excluding hydrogens is 230 g/mol. The normalized spacial score (nSPS) is 19.2. The zero-order chi connectivity index (χ0) is 13.0. The second kappa shape index (κ2) is 5.67. The van der Waals surface area contributed by atoms with Crippen molar-refractivity contribution in [1.82, 2.24) is 4.90 Å². The molecule has 18 heavy (non-hydrogen) atoms. The van der Waals surface area contributed by atoms with Crippen molar-refractivity contribution in [2.24, 2.45) is 5.92 Å². The molecule has 0 aliphatic carbocycles. The molecular formula is C14H17NO3. The Morgan fingerprint density at radius 2 is 2.06 bits per heavy atom. The molecule has 0 bridgehead atoms. The van der Waals surface area contributed by atoms with Gasteiger partial charge in [0, 0.05) is 13.1 Å². The first-order valence-corrected chi connectivity index (χ1v) is 6.21. The number of carbonyl (C=O) groups is 2. The molecule has 1 heterocycles. The first kappa shape index (κ1) is 12.6. The monoisotopic (exact) mass is 247 g/mol. The van der Waals surface area contributed by atoms with Gasteiger partial charge in [-0.2, -0.15) is 0 Å². The lowest BCUT2D eigenvalue weighted by Gasteiger charge is -2.16. The Morgan fingerprint density at radius 1 is 1.33 bits per heavy atom. The van der Waals surface area contributed by atoms with Crippen LogP contribution in [0.5, 0.6) is 0 Å². The van der Waals surface area contributed by atoms with Crippen molar-refractivity contribution in [1.29, 1.82) is 0 Å². The maximum Gasteiger partial charge on any atom is 0.304 e. The van der Waals surface area contributed by atoms with Crippen LogP contribution in [0.25, 0.3) is 0 Å². The lowest BCUT2D eigenvalue weighted by molar-refractivity contribution is -0.142. The van der Waals surface area contributed by atoms with Gasteiger partial charge in [0.15, 0.2) is 0 Å². The van der Waals surface area contributed by atoms with Gasteiger partial charge in [-0.1, -0.05) is 30.3 Å². The lowest BCUT2D eigenvalue weighted by Crippen LogP contribution is -2.30. The fourth-order valence-electron chi connectivity index (χ4n) is 2.33. The van der Waals surface area contributed by atoms with Gasteiger partial charge in [0.2, 0.25) is 5.91 Å². The maximum absolute atomic E-state index is 11.9. The number of likely N-dealkylation sites (tertiary alicyclic amines) is 1. The van der Waals surface area contributed by atoms with Gasteiger partial charge in [-0.05, 0) is 18.4 Å². The van der Waals surface area contributed by atoms with Crippen molar-refractivity contribution in [3.63, 3.8) is 0 Å². The summed E-state index contributed by atoms with van der Waals surface area (Å²) in [4.78, 5) is 24.3. The third-order valence-electron chi connectivity index (χ3n) is 3.34. The minimum Gasteiger partial charge on any atom is -0.481 e. The van der Waals surface area contributed by atoms with Crippen LogP contribution in [0, 0.1) is 5.92 Å². The summed E-state index contributed by atoms with van der Waals surface area (Å²) in [6.07, 6.45) is 1.45. The highest BCUT2D eigenvalue weighted by molar-refractivity contribution is 5.84. The number of carboxylic acids is 1. The fourth-order valence-corrected chi connectivity index (χ4v) is 2.33. The number of rotatable bonds is 5. The van der Waals surface area contributed by atoms with Crippen molar-refractivity contribution >= 4 is 11.9 Å². The van der Waals surface area contributed by atoms with Crippen molar-refractivity contribution in [2.75, 3.05) is 13.1 Å². The first-order chi connectivity index (χ1) is 8.66. The molecule has 1 unspecified atom stereocenters. The number of aliphatic carboxylic acids is 1. The number of carbonyl (C=O) groups excluding carboxylic acids is 1. The van der Waals surface area contributed by atoms with E-state index in [0.717, 1.165) is 6.42 Å². The van der Waals surface area contributed by atoms with Gasteiger partial charge in [-0.15, -0.1) is 0 Å². The minimum atomic E-state index is -0.891. The van der Waals surface area contributed by atoms with Gasteiger partial charge in [0.1, 0.15) is 0 Å². The Labute approximate surface area is 106 Å². The van der Waals surface area contributed by atoms with E-state index in [0.29, 0.717) is 19.5 Å². The van der Waals surface area contributed by atoms with Crippen LogP contribution in [0.3, 0.4) is 0 Å². The topological polar surface area (TPSA) is 57.6 Å². The molecule has 96 valence electrons. The van der Waals surface area contributed by atoms with Crippen LogP contribution in [0.2, 0.25) is 0 Å². The van der Waals surface area contributed by atoms with E-state index in [-0.39, 0.29) is 18.2 Å². The van der Waals surface area contributed by atoms with Gasteiger partial charge in [-0.3, -0.25) is 9.59 Å². The van der Waals surface area contributed by atoms with Gasteiger partial charge in [0.25, 0.3) is 0 Å². The average Bonchev–Trinajstić information content (AvgIpc) is 2.69. The Kier molecular flexibility index (Phi) is 3.97. The largest absolute Gasteiger partial charge is 0.481 e. The second-order valence-corrected chi connectivity index (χ2v) is 4.64. The number of hydrogen-bond donors (Lipinski definition) is 1. The fraction of sp³-hybridized carbons (Fsp3) is 0.429. The molecule has 1 saturated heterocycles. The van der Waals surface area contributed by atoms with E-state index in [1.165, 1.54) is 5.56 Å². The van der Waals surface area contributed by atoms with Gasteiger partial charge >= 0.3 is 5.97 Å². The molecule has 4 heteroatoms. The molecule has 0 radical (unpaired) electrons. The minimum absolute atomic E-state index is 0.00617. The number of hydrogen-bond acceptors (Lipinski definition) is 2. The Hall–Kier alpha value is -1.84. The van der Waals surface area contributed by atoms with Crippen LogP contribution < -0.4 is 0 Å². The van der Waals surface area contributed by atoms with Crippen LogP contribution in [-0.4, -0.2) is 35.0 Å². The Bertz CT molecular complexity index is 430. The molecule has 1 aliphatic heterocycles. The highest BCUT2D eigenvalue weighted by Crippen LogP contribution is 2.21. The molecule has 1 N–H and O–H groups in total. The standard InChI is InChI=1S/C14H17NO3/c16-13(17)10-12-7-9-15(14(12)18)8-6-11-4-2-1-3-5-11/h1-5,12H,6-10H2,(H,16,17). The van der Waals surface area contributed by atoms with Crippen molar-refractivity contribution in [3.05, 3.63) is 35.9 Å². The number of nitrogens with zero attached hydrogens (tertiary/aromatic N) is 1. The van der Waals surface area contributed by atoms with Crippen LogP contribution in [0.15, 0.2) is 30.3 Å². The van der Waals surface area contributed by atoms with Crippen LogP contribution in [0.1, 0.15) is 18.4 Å². The van der Waals surface area contributed by atoms with E-state index in [4.69, 9.17) is 5.11 Å². The maximum atomic E-state index is 11.9. The quantitative estimate of drug-likeness (QED) is 0.859. The predicted molar refractivity (Wildman–Crippen MR) is 67.1 cm³/mol. The van der Waals surface area contributed by atoms with Crippen molar-refractivity contribution in [3.8, 4) is 0 Å². The Balaban J connectivity index is 1.85. The molecule has 1 aliphatic rings. The summed E-state index contributed by atoms with van der Waals surface area (Å²) < 4.78 is 0. The van der Waals surface area contributed by atoms with Gasteiger partial charge in [-0.25, -0.2) is 0 Å². The van der Waals surface area contributed by atoms with E-state index < -0.39 is 5.97 Å². The molecule has 4 nitrogen and oxygen atoms in total. The molecule has 1 fully saturated rings. The third kappa shape index (κ3) is 3.09. The van der Waals surface area contributed by atoms with E-state index >= 15 is 0 Å². The molecule has 0 saturated carbocycles. The van der Waals surface area contributed by atoms with E-state index in [9.17, 15) is 9.59 Å². The smallest absolute Gasteiger partial charge is 0.304 e.